The van der Waals surface area contributed by atoms with Crippen LogP contribution in [-0.4, -0.2) is 42.1 Å². The van der Waals surface area contributed by atoms with Gasteiger partial charge in [0, 0.05) is 36.4 Å². The van der Waals surface area contributed by atoms with Gasteiger partial charge in [0.1, 0.15) is 0 Å². The van der Waals surface area contributed by atoms with E-state index in [4.69, 9.17) is 4.74 Å². The number of likely N-dealkylation sites (tertiary alicyclic amines) is 1. The van der Waals surface area contributed by atoms with Crippen LogP contribution >= 0.6 is 0 Å². The summed E-state index contributed by atoms with van der Waals surface area (Å²) >= 11 is 0. The van der Waals surface area contributed by atoms with Crippen LogP contribution < -0.4 is 10.1 Å². The molecule has 6 heteroatoms. The highest BCUT2D eigenvalue weighted by Gasteiger charge is 2.27. The molecule has 1 atom stereocenters. The standard InChI is InChI=1S/C18H27N3O3/c1-24-18-12-14(9-10-17(18)21(22)23)19-15-6-5-11-20(13-15)16-7-3-2-4-8-16/h9-10,12,15-16,19H,2-8,11,13H2,1H3. The van der Waals surface area contributed by atoms with Crippen molar-refractivity contribution in [3.05, 3.63) is 28.3 Å². The van der Waals surface area contributed by atoms with Gasteiger partial charge < -0.3 is 10.1 Å². The Labute approximate surface area is 143 Å². The monoisotopic (exact) mass is 333 g/mol. The SMILES string of the molecule is COc1cc(NC2CCCN(C3CCCCC3)C2)ccc1[N+](=O)[O-]. The number of nitrogens with zero attached hydrogens (tertiary/aromatic N) is 2. The molecule has 6 nitrogen and oxygen atoms in total. The summed E-state index contributed by atoms with van der Waals surface area (Å²) in [5.74, 6) is 0.310. The summed E-state index contributed by atoms with van der Waals surface area (Å²) in [6, 6.07) is 6.17. The summed E-state index contributed by atoms with van der Waals surface area (Å²) < 4.78 is 5.16. The predicted molar refractivity (Wildman–Crippen MR) is 94.7 cm³/mol. The molecule has 0 amide bonds. The van der Waals surface area contributed by atoms with Gasteiger partial charge in [-0.1, -0.05) is 19.3 Å². The van der Waals surface area contributed by atoms with Gasteiger partial charge in [-0.2, -0.15) is 0 Å². The second-order valence-corrected chi connectivity index (χ2v) is 6.91. The Balaban J connectivity index is 1.63. The van der Waals surface area contributed by atoms with Crippen LogP contribution in [0.3, 0.4) is 0 Å². The highest BCUT2D eigenvalue weighted by molar-refractivity contribution is 5.58. The first kappa shape index (κ1) is 17.0. The van der Waals surface area contributed by atoms with Crippen molar-refractivity contribution in [3.8, 4) is 5.75 Å². The normalized spacial score (nSPS) is 23.0. The Morgan fingerprint density at radius 1 is 1.21 bits per heavy atom. The van der Waals surface area contributed by atoms with Crippen LogP contribution in [0.5, 0.6) is 5.75 Å². The molecular formula is C18H27N3O3. The van der Waals surface area contributed by atoms with E-state index in [1.165, 1.54) is 58.2 Å². The molecule has 0 spiro atoms. The van der Waals surface area contributed by atoms with E-state index in [0.29, 0.717) is 11.8 Å². The molecule has 1 N–H and O–H groups in total. The van der Waals surface area contributed by atoms with E-state index in [0.717, 1.165) is 24.7 Å². The quantitative estimate of drug-likeness (QED) is 0.655. The van der Waals surface area contributed by atoms with Gasteiger partial charge in [0.25, 0.3) is 0 Å². The molecular weight excluding hydrogens is 306 g/mol. The maximum atomic E-state index is 11.0. The van der Waals surface area contributed by atoms with Gasteiger partial charge in [0.15, 0.2) is 5.75 Å². The Kier molecular flexibility index (Phi) is 5.56. The van der Waals surface area contributed by atoms with Crippen molar-refractivity contribution in [2.45, 2.75) is 57.0 Å². The van der Waals surface area contributed by atoms with Crippen LogP contribution in [0.1, 0.15) is 44.9 Å². The van der Waals surface area contributed by atoms with Gasteiger partial charge in [0.2, 0.25) is 0 Å². The molecule has 1 saturated heterocycles. The second kappa shape index (κ2) is 7.83. The summed E-state index contributed by atoms with van der Waals surface area (Å²) in [5, 5.41) is 14.5. The van der Waals surface area contributed by atoms with Gasteiger partial charge in [-0.3, -0.25) is 15.0 Å². The number of rotatable bonds is 5. The van der Waals surface area contributed by atoms with Crippen LogP contribution in [0.2, 0.25) is 0 Å². The van der Waals surface area contributed by atoms with Crippen LogP contribution in [0, 0.1) is 10.1 Å². The van der Waals surface area contributed by atoms with Crippen molar-refractivity contribution in [3.63, 3.8) is 0 Å². The van der Waals surface area contributed by atoms with Gasteiger partial charge in [-0.15, -0.1) is 0 Å². The van der Waals surface area contributed by atoms with Crippen molar-refractivity contribution in [2.24, 2.45) is 0 Å². The molecule has 2 fully saturated rings. The molecule has 2 aliphatic rings. The second-order valence-electron chi connectivity index (χ2n) is 6.91. The molecule has 1 heterocycles. The Morgan fingerprint density at radius 3 is 2.71 bits per heavy atom. The smallest absolute Gasteiger partial charge is 0.311 e. The molecule has 1 aliphatic carbocycles. The molecule has 0 bridgehead atoms. The van der Waals surface area contributed by atoms with E-state index in [-0.39, 0.29) is 5.69 Å². The molecule has 0 aromatic heterocycles. The predicted octanol–water partition coefficient (Wildman–Crippen LogP) is 3.81. The third-order valence-corrected chi connectivity index (χ3v) is 5.29. The highest BCUT2D eigenvalue weighted by Crippen LogP contribution is 2.31. The van der Waals surface area contributed by atoms with Gasteiger partial charge >= 0.3 is 5.69 Å². The Morgan fingerprint density at radius 2 is 2.00 bits per heavy atom. The van der Waals surface area contributed by atoms with E-state index in [1.54, 1.807) is 12.1 Å². The lowest BCUT2D eigenvalue weighted by molar-refractivity contribution is -0.385. The van der Waals surface area contributed by atoms with Crippen molar-refractivity contribution in [2.75, 3.05) is 25.5 Å². The highest BCUT2D eigenvalue weighted by atomic mass is 16.6. The fraction of sp³-hybridized carbons (Fsp3) is 0.667. The maximum Gasteiger partial charge on any atom is 0.311 e. The van der Waals surface area contributed by atoms with Gasteiger partial charge in [-0.25, -0.2) is 0 Å². The molecule has 0 radical (unpaired) electrons. The Hall–Kier alpha value is -1.82. The summed E-state index contributed by atoms with van der Waals surface area (Å²) in [5.41, 5.74) is 0.906. The lowest BCUT2D eigenvalue weighted by Crippen LogP contribution is -2.47. The molecule has 1 aliphatic heterocycles. The average Bonchev–Trinajstić information content (AvgIpc) is 2.62. The lowest BCUT2D eigenvalue weighted by Gasteiger charge is -2.40. The minimum Gasteiger partial charge on any atom is -0.490 e. The van der Waals surface area contributed by atoms with Crippen LogP contribution in [0.25, 0.3) is 0 Å². The van der Waals surface area contributed by atoms with Crippen LogP contribution in [-0.2, 0) is 0 Å². The summed E-state index contributed by atoms with van der Waals surface area (Å²) in [4.78, 5) is 13.2. The number of hydrogen-bond acceptors (Lipinski definition) is 5. The summed E-state index contributed by atoms with van der Waals surface area (Å²) in [6.07, 6.45) is 9.11. The zero-order chi connectivity index (χ0) is 16.9. The van der Waals surface area contributed by atoms with Gasteiger partial charge in [0.05, 0.1) is 12.0 Å². The largest absolute Gasteiger partial charge is 0.490 e. The minimum absolute atomic E-state index is 0.00975. The lowest BCUT2D eigenvalue weighted by atomic mass is 9.92. The summed E-state index contributed by atoms with van der Waals surface area (Å²) in [6.45, 7) is 2.26. The number of hydrogen-bond donors (Lipinski definition) is 1. The van der Waals surface area contributed by atoms with Gasteiger partial charge in [-0.05, 0) is 38.3 Å². The zero-order valence-corrected chi connectivity index (χ0v) is 14.4. The molecule has 1 unspecified atom stereocenters. The first-order valence-corrected chi connectivity index (χ1v) is 9.00. The van der Waals surface area contributed by atoms with E-state index in [9.17, 15) is 10.1 Å². The van der Waals surface area contributed by atoms with E-state index >= 15 is 0 Å². The van der Waals surface area contributed by atoms with Crippen molar-refractivity contribution < 1.29 is 9.66 Å². The fourth-order valence-electron chi connectivity index (χ4n) is 4.06. The molecule has 1 aromatic rings. The van der Waals surface area contributed by atoms with E-state index in [1.807, 2.05) is 0 Å². The molecule has 132 valence electrons. The zero-order valence-electron chi connectivity index (χ0n) is 14.4. The first-order chi connectivity index (χ1) is 11.7. The molecule has 24 heavy (non-hydrogen) atoms. The first-order valence-electron chi connectivity index (χ1n) is 9.00. The third kappa shape index (κ3) is 3.98. The molecule has 1 aromatic carbocycles. The molecule has 3 rings (SSSR count). The Bertz CT molecular complexity index is 573. The third-order valence-electron chi connectivity index (χ3n) is 5.29. The minimum atomic E-state index is -0.409. The summed E-state index contributed by atoms with van der Waals surface area (Å²) in [7, 11) is 1.47. The number of benzene rings is 1. The number of piperidine rings is 1. The average molecular weight is 333 g/mol. The molecule has 1 saturated carbocycles. The number of methoxy groups -OCH3 is 1. The number of nitrogens with one attached hydrogen (secondary N) is 1. The maximum absolute atomic E-state index is 11.0. The van der Waals surface area contributed by atoms with Crippen LogP contribution in [0.15, 0.2) is 18.2 Å². The van der Waals surface area contributed by atoms with Crippen molar-refractivity contribution in [1.82, 2.24) is 4.90 Å². The van der Waals surface area contributed by atoms with E-state index < -0.39 is 4.92 Å². The number of nitro benzene ring substituents is 1. The van der Waals surface area contributed by atoms with Crippen LogP contribution in [0.4, 0.5) is 11.4 Å². The fourth-order valence-corrected chi connectivity index (χ4v) is 4.06. The van der Waals surface area contributed by atoms with Crippen molar-refractivity contribution in [1.29, 1.82) is 0 Å². The van der Waals surface area contributed by atoms with Crippen molar-refractivity contribution >= 4 is 11.4 Å². The number of ether oxygens (including phenoxy) is 1. The number of anilines is 1. The van der Waals surface area contributed by atoms with E-state index in [2.05, 4.69) is 10.2 Å². The number of nitro groups is 1. The topological polar surface area (TPSA) is 67.6 Å².